The molecule has 0 fully saturated rings. The lowest BCUT2D eigenvalue weighted by atomic mass is 10.0. The van der Waals surface area contributed by atoms with Crippen LogP contribution in [0.1, 0.15) is 57.6 Å². The SMILES string of the molecule is CCOC(=O)c1c(C)[nH]c(C)c1C(=O)CN[C@H](C)c1ccc(Cl)cc1. The Morgan fingerprint density at radius 3 is 2.36 bits per heavy atom. The molecule has 2 rings (SSSR count). The maximum Gasteiger partial charge on any atom is 0.340 e. The van der Waals surface area contributed by atoms with Gasteiger partial charge in [0.1, 0.15) is 0 Å². The summed E-state index contributed by atoms with van der Waals surface area (Å²) in [6.45, 7) is 7.64. The van der Waals surface area contributed by atoms with E-state index in [4.69, 9.17) is 16.3 Å². The Balaban J connectivity index is 2.13. The first-order valence-electron chi connectivity index (χ1n) is 8.23. The van der Waals surface area contributed by atoms with Gasteiger partial charge in [0.2, 0.25) is 0 Å². The Morgan fingerprint density at radius 2 is 1.76 bits per heavy atom. The number of esters is 1. The molecule has 0 aliphatic carbocycles. The lowest BCUT2D eigenvalue weighted by Crippen LogP contribution is -2.27. The number of H-pyrrole nitrogens is 1. The maximum atomic E-state index is 12.7. The van der Waals surface area contributed by atoms with E-state index in [0.29, 0.717) is 27.5 Å². The molecule has 5 nitrogen and oxygen atoms in total. The topological polar surface area (TPSA) is 71.2 Å². The van der Waals surface area contributed by atoms with Gasteiger partial charge in [-0.3, -0.25) is 4.79 Å². The number of ketones is 1. The van der Waals surface area contributed by atoms with Gasteiger partial charge in [0.25, 0.3) is 0 Å². The minimum atomic E-state index is -0.474. The Morgan fingerprint density at radius 1 is 1.16 bits per heavy atom. The van der Waals surface area contributed by atoms with Crippen LogP contribution in [0.3, 0.4) is 0 Å². The summed E-state index contributed by atoms with van der Waals surface area (Å²) >= 11 is 5.89. The molecule has 0 saturated heterocycles. The molecule has 1 atom stereocenters. The molecule has 1 aromatic carbocycles. The average Bonchev–Trinajstić information content (AvgIpc) is 2.87. The highest BCUT2D eigenvalue weighted by molar-refractivity contribution is 6.30. The van der Waals surface area contributed by atoms with Crippen molar-refractivity contribution >= 4 is 23.4 Å². The summed E-state index contributed by atoms with van der Waals surface area (Å²) in [5.74, 6) is -0.621. The van der Waals surface area contributed by atoms with Crippen molar-refractivity contribution in [1.82, 2.24) is 10.3 Å². The van der Waals surface area contributed by atoms with E-state index in [1.54, 1.807) is 20.8 Å². The number of carbonyl (C=O) groups is 2. The summed E-state index contributed by atoms with van der Waals surface area (Å²) in [6, 6.07) is 7.44. The van der Waals surface area contributed by atoms with E-state index in [9.17, 15) is 9.59 Å². The molecule has 25 heavy (non-hydrogen) atoms. The zero-order valence-electron chi connectivity index (χ0n) is 14.9. The van der Waals surface area contributed by atoms with Gasteiger partial charge in [-0.15, -0.1) is 0 Å². The second-order valence-corrected chi connectivity index (χ2v) is 6.36. The van der Waals surface area contributed by atoms with Crippen LogP contribution in [-0.2, 0) is 4.74 Å². The van der Waals surface area contributed by atoms with Crippen molar-refractivity contribution in [2.45, 2.75) is 33.7 Å². The van der Waals surface area contributed by atoms with Crippen molar-refractivity contribution in [3.63, 3.8) is 0 Å². The number of hydrogen-bond acceptors (Lipinski definition) is 4. The van der Waals surface area contributed by atoms with Crippen LogP contribution in [0.4, 0.5) is 0 Å². The first-order chi connectivity index (χ1) is 11.8. The minimum Gasteiger partial charge on any atom is -0.462 e. The zero-order chi connectivity index (χ0) is 18.6. The molecule has 1 heterocycles. The van der Waals surface area contributed by atoms with Crippen molar-refractivity contribution in [2.75, 3.05) is 13.2 Å². The van der Waals surface area contributed by atoms with Gasteiger partial charge in [0.15, 0.2) is 5.78 Å². The monoisotopic (exact) mass is 362 g/mol. The highest BCUT2D eigenvalue weighted by Gasteiger charge is 2.25. The van der Waals surface area contributed by atoms with Crippen LogP contribution in [0, 0.1) is 13.8 Å². The molecule has 0 aliphatic heterocycles. The van der Waals surface area contributed by atoms with Gasteiger partial charge in [-0.2, -0.15) is 0 Å². The molecule has 0 unspecified atom stereocenters. The molecule has 0 saturated carbocycles. The number of aromatic nitrogens is 1. The van der Waals surface area contributed by atoms with Crippen LogP contribution in [0.15, 0.2) is 24.3 Å². The van der Waals surface area contributed by atoms with Gasteiger partial charge < -0.3 is 15.0 Å². The van der Waals surface area contributed by atoms with Crippen LogP contribution in [0.25, 0.3) is 0 Å². The number of halogens is 1. The maximum absolute atomic E-state index is 12.7. The molecule has 0 spiro atoms. The van der Waals surface area contributed by atoms with Gasteiger partial charge in [-0.25, -0.2) is 4.79 Å². The van der Waals surface area contributed by atoms with Crippen molar-refractivity contribution in [2.24, 2.45) is 0 Å². The van der Waals surface area contributed by atoms with E-state index in [-0.39, 0.29) is 25.0 Å². The molecule has 2 aromatic rings. The van der Waals surface area contributed by atoms with E-state index in [2.05, 4.69) is 10.3 Å². The number of rotatable bonds is 7. The summed E-state index contributed by atoms with van der Waals surface area (Å²) in [5, 5.41) is 3.86. The van der Waals surface area contributed by atoms with Crippen molar-refractivity contribution in [3.8, 4) is 0 Å². The first-order valence-corrected chi connectivity index (χ1v) is 8.61. The van der Waals surface area contributed by atoms with Gasteiger partial charge in [-0.05, 0) is 45.4 Å². The fourth-order valence-electron chi connectivity index (χ4n) is 2.79. The van der Waals surface area contributed by atoms with Gasteiger partial charge in [0.05, 0.1) is 24.3 Å². The second-order valence-electron chi connectivity index (χ2n) is 5.92. The lowest BCUT2D eigenvalue weighted by molar-refractivity contribution is 0.0522. The van der Waals surface area contributed by atoms with E-state index < -0.39 is 5.97 Å². The highest BCUT2D eigenvalue weighted by Crippen LogP contribution is 2.21. The normalized spacial score (nSPS) is 12.0. The number of aromatic amines is 1. The fraction of sp³-hybridized carbons (Fsp3) is 0.368. The largest absolute Gasteiger partial charge is 0.462 e. The average molecular weight is 363 g/mol. The summed E-state index contributed by atoms with van der Waals surface area (Å²) < 4.78 is 5.07. The third-order valence-electron chi connectivity index (χ3n) is 4.07. The predicted octanol–water partition coefficient (Wildman–Crippen LogP) is 4.00. The highest BCUT2D eigenvalue weighted by atomic mass is 35.5. The van der Waals surface area contributed by atoms with Crippen molar-refractivity contribution < 1.29 is 14.3 Å². The Labute approximate surface area is 152 Å². The number of carbonyl (C=O) groups excluding carboxylic acids is 2. The summed E-state index contributed by atoms with van der Waals surface area (Å²) in [5.41, 5.74) is 3.07. The van der Waals surface area contributed by atoms with Gasteiger partial charge in [0, 0.05) is 22.5 Å². The fourth-order valence-corrected chi connectivity index (χ4v) is 2.92. The van der Waals surface area contributed by atoms with E-state index in [1.807, 2.05) is 31.2 Å². The van der Waals surface area contributed by atoms with Crippen molar-refractivity contribution in [1.29, 1.82) is 0 Å². The first kappa shape index (κ1) is 19.2. The molecule has 0 amide bonds. The molecule has 1 aromatic heterocycles. The minimum absolute atomic E-state index is 0.0207. The van der Waals surface area contributed by atoms with Crippen LogP contribution >= 0.6 is 11.6 Å². The number of nitrogens with one attached hydrogen (secondary N) is 2. The number of hydrogen-bond donors (Lipinski definition) is 2. The Hall–Kier alpha value is -2.11. The predicted molar refractivity (Wildman–Crippen MR) is 98.4 cm³/mol. The third-order valence-corrected chi connectivity index (χ3v) is 4.32. The lowest BCUT2D eigenvalue weighted by Gasteiger charge is -2.14. The van der Waals surface area contributed by atoms with E-state index in [0.717, 1.165) is 5.56 Å². The molecular weight excluding hydrogens is 340 g/mol. The van der Waals surface area contributed by atoms with E-state index in [1.165, 1.54) is 0 Å². The smallest absolute Gasteiger partial charge is 0.340 e. The summed E-state index contributed by atoms with van der Waals surface area (Å²) in [4.78, 5) is 27.9. The van der Waals surface area contributed by atoms with Crippen LogP contribution < -0.4 is 5.32 Å². The van der Waals surface area contributed by atoms with E-state index >= 15 is 0 Å². The van der Waals surface area contributed by atoms with Gasteiger partial charge >= 0.3 is 5.97 Å². The number of ether oxygens (including phenoxy) is 1. The second kappa shape index (κ2) is 8.32. The number of benzene rings is 1. The summed E-state index contributed by atoms with van der Waals surface area (Å²) in [6.07, 6.45) is 0. The van der Waals surface area contributed by atoms with Gasteiger partial charge in [-0.1, -0.05) is 23.7 Å². The molecule has 0 bridgehead atoms. The standard InChI is InChI=1S/C19H23ClN2O3/c1-5-25-19(24)18-13(4)22-12(3)17(18)16(23)10-21-11(2)14-6-8-15(20)9-7-14/h6-9,11,21-22H,5,10H2,1-4H3/t11-/m1/s1. The Bertz CT molecular complexity index is 766. The van der Waals surface area contributed by atoms with Crippen LogP contribution in [-0.4, -0.2) is 29.9 Å². The zero-order valence-corrected chi connectivity index (χ0v) is 15.7. The molecule has 0 aliphatic rings. The quantitative estimate of drug-likeness (QED) is 0.577. The van der Waals surface area contributed by atoms with Crippen LogP contribution in [0.2, 0.25) is 5.02 Å². The number of aryl methyl sites for hydroxylation is 2. The molecule has 2 N–H and O–H groups in total. The number of Topliss-reactive ketones (excluding diaryl/α,β-unsaturated/α-hetero) is 1. The van der Waals surface area contributed by atoms with Crippen molar-refractivity contribution in [3.05, 3.63) is 57.4 Å². The molecule has 0 radical (unpaired) electrons. The Kier molecular flexibility index (Phi) is 6.39. The van der Waals surface area contributed by atoms with Crippen LogP contribution in [0.5, 0.6) is 0 Å². The summed E-state index contributed by atoms with van der Waals surface area (Å²) in [7, 11) is 0. The third kappa shape index (κ3) is 4.50. The molecule has 134 valence electrons. The molecular formula is C19H23ClN2O3. The molecule has 6 heteroatoms.